The lowest BCUT2D eigenvalue weighted by molar-refractivity contribution is -0.133. The highest BCUT2D eigenvalue weighted by atomic mass is 32.2. The van der Waals surface area contributed by atoms with Crippen molar-refractivity contribution < 1.29 is 17.9 Å². The Morgan fingerprint density at radius 1 is 1.26 bits per heavy atom. The van der Waals surface area contributed by atoms with Crippen molar-refractivity contribution in [3.8, 4) is 0 Å². The predicted octanol–water partition coefficient (Wildman–Crippen LogP) is 0.914. The second-order valence-electron chi connectivity index (χ2n) is 6.20. The van der Waals surface area contributed by atoms with Gasteiger partial charge in [-0.25, -0.2) is 8.42 Å². The van der Waals surface area contributed by atoms with Crippen molar-refractivity contribution >= 4 is 15.6 Å². The minimum atomic E-state index is -3.26. The van der Waals surface area contributed by atoms with Gasteiger partial charge in [-0.15, -0.1) is 0 Å². The number of rotatable bonds is 5. The molecule has 1 aliphatic heterocycles. The second-order valence-corrected chi connectivity index (χ2v) is 9.06. The van der Waals surface area contributed by atoms with Gasteiger partial charge in [-0.3, -0.25) is 4.79 Å². The maximum atomic E-state index is 12.3. The molecule has 1 rings (SSSR count). The lowest BCUT2D eigenvalue weighted by Crippen LogP contribution is -2.44. The van der Waals surface area contributed by atoms with Gasteiger partial charge in [0.1, 0.15) is 5.78 Å². The van der Waals surface area contributed by atoms with E-state index in [1.807, 2.05) is 0 Å². The van der Waals surface area contributed by atoms with Crippen molar-refractivity contribution in [1.82, 2.24) is 0 Å². The first kappa shape index (κ1) is 16.6. The number of sulfone groups is 1. The van der Waals surface area contributed by atoms with Crippen LogP contribution in [-0.2, 0) is 19.4 Å². The molecular weight excluding hydrogens is 266 g/mol. The minimum Gasteiger partial charge on any atom is -0.381 e. The van der Waals surface area contributed by atoms with Crippen LogP contribution in [0.4, 0.5) is 0 Å². The second kappa shape index (κ2) is 5.89. The maximum absolute atomic E-state index is 12.3. The Kier molecular flexibility index (Phi) is 5.15. The average molecular weight is 291 g/mol. The molecule has 0 aromatic rings. The van der Waals surface area contributed by atoms with Crippen LogP contribution in [-0.4, -0.2) is 44.5 Å². The van der Waals surface area contributed by atoms with E-state index in [-0.39, 0.29) is 24.5 Å². The summed E-state index contributed by atoms with van der Waals surface area (Å²) in [5, 5.41) is 0. The molecule has 0 saturated carbocycles. The zero-order valence-electron chi connectivity index (χ0n) is 12.1. The quantitative estimate of drug-likeness (QED) is 0.813. The van der Waals surface area contributed by atoms with Crippen molar-refractivity contribution in [1.29, 1.82) is 0 Å². The summed E-state index contributed by atoms with van der Waals surface area (Å²) in [6.07, 6.45) is 1.24. The monoisotopic (exact) mass is 291 g/mol. The van der Waals surface area contributed by atoms with Gasteiger partial charge in [0.2, 0.25) is 0 Å². The molecule has 1 heterocycles. The molecule has 6 heteroatoms. The van der Waals surface area contributed by atoms with E-state index in [4.69, 9.17) is 10.5 Å². The number of hydrogen-bond acceptors (Lipinski definition) is 5. The van der Waals surface area contributed by atoms with Gasteiger partial charge in [0, 0.05) is 31.6 Å². The number of ketones is 1. The molecule has 0 radical (unpaired) electrons. The highest BCUT2D eigenvalue weighted by Crippen LogP contribution is 2.32. The van der Waals surface area contributed by atoms with E-state index in [0.29, 0.717) is 26.1 Å². The Hall–Kier alpha value is -0.460. The van der Waals surface area contributed by atoms with Crippen LogP contribution in [0.15, 0.2) is 0 Å². The van der Waals surface area contributed by atoms with Gasteiger partial charge in [-0.1, -0.05) is 0 Å². The number of ether oxygens (including phenoxy) is 1. The predicted molar refractivity (Wildman–Crippen MR) is 74.7 cm³/mol. The molecule has 0 atom stereocenters. The van der Waals surface area contributed by atoms with Crippen LogP contribution in [0.5, 0.6) is 0 Å². The smallest absolute Gasteiger partial charge is 0.155 e. The number of hydrogen-bond donors (Lipinski definition) is 1. The molecule has 112 valence electrons. The van der Waals surface area contributed by atoms with Gasteiger partial charge in [-0.05, 0) is 33.6 Å². The summed E-state index contributed by atoms with van der Waals surface area (Å²) in [4.78, 5) is 12.3. The summed E-state index contributed by atoms with van der Waals surface area (Å²) in [6.45, 7) is 6.27. The molecule has 0 aromatic carbocycles. The minimum absolute atomic E-state index is 0.0360. The van der Waals surface area contributed by atoms with Crippen LogP contribution < -0.4 is 5.73 Å². The molecule has 0 aromatic heterocycles. The van der Waals surface area contributed by atoms with E-state index < -0.39 is 20.0 Å². The molecule has 2 N–H and O–H groups in total. The van der Waals surface area contributed by atoms with Gasteiger partial charge in [-0.2, -0.15) is 0 Å². The molecule has 19 heavy (non-hydrogen) atoms. The molecule has 1 fully saturated rings. The fraction of sp³-hybridized carbons (Fsp3) is 0.923. The van der Waals surface area contributed by atoms with Crippen molar-refractivity contribution in [2.75, 3.05) is 25.5 Å². The van der Waals surface area contributed by atoms with Gasteiger partial charge < -0.3 is 10.5 Å². The summed E-state index contributed by atoms with van der Waals surface area (Å²) >= 11 is 0. The SMILES string of the molecule is CC(C)(C)S(=O)(=O)CCC(=O)C1(CN)CCOCC1. The largest absolute Gasteiger partial charge is 0.381 e. The van der Waals surface area contributed by atoms with Crippen molar-refractivity contribution in [3.05, 3.63) is 0 Å². The molecule has 0 spiro atoms. The third-order valence-corrected chi connectivity index (χ3v) is 6.57. The van der Waals surface area contributed by atoms with Gasteiger partial charge in [0.25, 0.3) is 0 Å². The molecule has 1 aliphatic rings. The van der Waals surface area contributed by atoms with Gasteiger partial charge in [0.05, 0.1) is 10.5 Å². The topological polar surface area (TPSA) is 86.5 Å². The molecule has 5 nitrogen and oxygen atoms in total. The Morgan fingerprint density at radius 3 is 2.21 bits per heavy atom. The molecule has 0 unspecified atom stereocenters. The summed E-state index contributed by atoms with van der Waals surface area (Å²) in [7, 11) is -3.26. The molecular formula is C13H25NO4S. The highest BCUT2D eigenvalue weighted by Gasteiger charge is 2.39. The Morgan fingerprint density at radius 2 is 1.79 bits per heavy atom. The fourth-order valence-corrected chi connectivity index (χ4v) is 3.22. The van der Waals surface area contributed by atoms with E-state index in [1.165, 1.54) is 0 Å². The van der Waals surface area contributed by atoms with E-state index in [9.17, 15) is 13.2 Å². The van der Waals surface area contributed by atoms with E-state index in [1.54, 1.807) is 20.8 Å². The lowest BCUT2D eigenvalue weighted by Gasteiger charge is -2.34. The average Bonchev–Trinajstić information content (AvgIpc) is 2.35. The Bertz CT molecular complexity index is 416. The summed E-state index contributed by atoms with van der Waals surface area (Å²) in [5.74, 6) is -0.135. The van der Waals surface area contributed by atoms with Crippen molar-refractivity contribution in [3.63, 3.8) is 0 Å². The normalized spacial score (nSPS) is 20.2. The highest BCUT2D eigenvalue weighted by molar-refractivity contribution is 7.92. The van der Waals surface area contributed by atoms with Crippen LogP contribution in [0.1, 0.15) is 40.0 Å². The van der Waals surface area contributed by atoms with E-state index in [0.717, 1.165) is 0 Å². The van der Waals surface area contributed by atoms with E-state index >= 15 is 0 Å². The number of nitrogens with two attached hydrogens (primary N) is 1. The maximum Gasteiger partial charge on any atom is 0.155 e. The molecule has 0 aliphatic carbocycles. The van der Waals surface area contributed by atoms with Gasteiger partial charge in [0.15, 0.2) is 9.84 Å². The third-order valence-electron chi connectivity index (χ3n) is 3.96. The number of carbonyl (C=O) groups excluding carboxylic acids is 1. The number of Topliss-reactive ketones (excluding diaryl/α,β-unsaturated/α-hetero) is 1. The fourth-order valence-electron chi connectivity index (χ4n) is 2.16. The van der Waals surface area contributed by atoms with Crippen LogP contribution in [0.25, 0.3) is 0 Å². The summed E-state index contributed by atoms with van der Waals surface area (Å²) in [5.41, 5.74) is 5.16. The standard InChI is InChI=1S/C13H25NO4S/c1-12(2,3)19(16,17)9-4-11(15)13(10-14)5-7-18-8-6-13/h4-10,14H2,1-3H3. The molecule has 0 amide bonds. The van der Waals surface area contributed by atoms with Crippen LogP contribution in [0.2, 0.25) is 0 Å². The zero-order chi connectivity index (χ0) is 14.7. The first-order valence-corrected chi connectivity index (χ1v) is 8.33. The summed E-state index contributed by atoms with van der Waals surface area (Å²) < 4.78 is 28.5. The van der Waals surface area contributed by atoms with Crippen LogP contribution in [0, 0.1) is 5.41 Å². The molecule has 1 saturated heterocycles. The third kappa shape index (κ3) is 3.77. The first-order chi connectivity index (χ1) is 8.65. The first-order valence-electron chi connectivity index (χ1n) is 6.68. The van der Waals surface area contributed by atoms with Crippen molar-refractivity contribution in [2.24, 2.45) is 11.1 Å². The molecule has 0 bridgehead atoms. The van der Waals surface area contributed by atoms with Crippen LogP contribution >= 0.6 is 0 Å². The Balaban J connectivity index is 2.69. The lowest BCUT2D eigenvalue weighted by atomic mass is 9.75. The van der Waals surface area contributed by atoms with E-state index in [2.05, 4.69) is 0 Å². The zero-order valence-corrected chi connectivity index (χ0v) is 12.9. The number of carbonyl (C=O) groups is 1. The summed E-state index contributed by atoms with van der Waals surface area (Å²) in [6, 6.07) is 0. The Labute approximate surface area is 115 Å². The van der Waals surface area contributed by atoms with Crippen LogP contribution in [0.3, 0.4) is 0 Å². The van der Waals surface area contributed by atoms with Crippen molar-refractivity contribution in [2.45, 2.75) is 44.8 Å². The van der Waals surface area contributed by atoms with Gasteiger partial charge >= 0.3 is 0 Å².